The van der Waals surface area contributed by atoms with Crippen LogP contribution in [0.25, 0.3) is 0 Å². The van der Waals surface area contributed by atoms with Crippen LogP contribution in [0.1, 0.15) is 36.8 Å². The summed E-state index contributed by atoms with van der Waals surface area (Å²) in [5.74, 6) is 2.03. The number of unbranched alkanes of at least 4 members (excludes halogenated alkanes) is 1. The molecule has 2 unspecified atom stereocenters. The van der Waals surface area contributed by atoms with Gasteiger partial charge in [0.05, 0.1) is 40.6 Å². The molecule has 10 nitrogen and oxygen atoms in total. The molecule has 2 aromatic rings. The van der Waals surface area contributed by atoms with Crippen LogP contribution in [0.3, 0.4) is 0 Å². The Morgan fingerprint density at radius 3 is 1.50 bits per heavy atom. The zero-order valence-electron chi connectivity index (χ0n) is 23.2. The molecule has 0 radical (unpaired) electrons. The van der Waals surface area contributed by atoms with Gasteiger partial charge in [-0.3, -0.25) is 9.59 Å². The molecule has 0 aromatic heterocycles. The summed E-state index contributed by atoms with van der Waals surface area (Å²) >= 11 is 0. The number of aryl methyl sites for hydroxylation is 2. The Hall–Kier alpha value is -3.50. The number of hydrogen-bond donors (Lipinski definition) is 0. The molecular weight excluding hydrogens is 520 g/mol. The van der Waals surface area contributed by atoms with E-state index < -0.39 is 0 Å². The molecule has 0 amide bonds. The lowest BCUT2D eigenvalue weighted by Crippen LogP contribution is -2.10. The number of ether oxygens (including phenoxy) is 8. The summed E-state index contributed by atoms with van der Waals surface area (Å²) < 4.78 is 43.2. The zero-order chi connectivity index (χ0) is 28.2. The van der Waals surface area contributed by atoms with E-state index in [1.165, 1.54) is 0 Å². The maximum Gasteiger partial charge on any atom is 0.306 e. The van der Waals surface area contributed by atoms with Crippen molar-refractivity contribution in [3.63, 3.8) is 0 Å². The quantitative estimate of drug-likeness (QED) is 0.144. The summed E-state index contributed by atoms with van der Waals surface area (Å²) in [4.78, 5) is 24.2. The molecule has 218 valence electrons. The van der Waals surface area contributed by atoms with Gasteiger partial charge in [0.1, 0.15) is 25.4 Å². The van der Waals surface area contributed by atoms with Crippen molar-refractivity contribution >= 4 is 11.9 Å². The number of methoxy groups -OCH3 is 2. The minimum atomic E-state index is -0.269. The third kappa shape index (κ3) is 10.2. The SMILES string of the molecule is COc1cc(CCC(=O)OCCCCOC(=O)CCc2ccc(OCC3CO3)c(OC)c2)ccc1OCC1CO1. The number of esters is 2. The molecule has 2 atom stereocenters. The van der Waals surface area contributed by atoms with Crippen LogP contribution in [-0.4, -0.2) is 78.0 Å². The highest BCUT2D eigenvalue weighted by molar-refractivity contribution is 5.70. The smallest absolute Gasteiger partial charge is 0.306 e. The summed E-state index contributed by atoms with van der Waals surface area (Å²) in [6, 6.07) is 11.3. The molecule has 2 heterocycles. The Balaban J connectivity index is 1.04. The van der Waals surface area contributed by atoms with Crippen LogP contribution in [-0.2, 0) is 41.4 Å². The van der Waals surface area contributed by atoms with Gasteiger partial charge in [-0.1, -0.05) is 12.1 Å². The average molecular weight is 559 g/mol. The minimum absolute atomic E-state index is 0.166. The average Bonchev–Trinajstić information content (AvgIpc) is 3.90. The van der Waals surface area contributed by atoms with Crippen molar-refractivity contribution in [3.8, 4) is 23.0 Å². The first-order valence-corrected chi connectivity index (χ1v) is 13.7. The van der Waals surface area contributed by atoms with Crippen LogP contribution < -0.4 is 18.9 Å². The molecule has 0 saturated carbocycles. The van der Waals surface area contributed by atoms with Gasteiger partial charge in [0, 0.05) is 12.8 Å². The molecule has 0 bridgehead atoms. The van der Waals surface area contributed by atoms with Crippen molar-refractivity contribution in [1.29, 1.82) is 0 Å². The van der Waals surface area contributed by atoms with Crippen LogP contribution in [0.15, 0.2) is 36.4 Å². The van der Waals surface area contributed by atoms with E-state index in [9.17, 15) is 9.59 Å². The van der Waals surface area contributed by atoms with Gasteiger partial charge in [0.15, 0.2) is 23.0 Å². The second-order valence-electron chi connectivity index (χ2n) is 9.65. The molecule has 10 heteroatoms. The van der Waals surface area contributed by atoms with Crippen molar-refractivity contribution in [3.05, 3.63) is 47.5 Å². The fourth-order valence-corrected chi connectivity index (χ4v) is 3.88. The summed E-state index contributed by atoms with van der Waals surface area (Å²) in [5.41, 5.74) is 1.92. The normalized spacial score (nSPS) is 17.1. The largest absolute Gasteiger partial charge is 0.493 e. The molecule has 4 rings (SSSR count). The number of hydrogen-bond acceptors (Lipinski definition) is 10. The number of carbonyl (C=O) groups excluding carboxylic acids is 2. The topological polar surface area (TPSA) is 115 Å². The Morgan fingerprint density at radius 2 is 1.12 bits per heavy atom. The summed E-state index contributed by atoms with van der Waals surface area (Å²) in [5, 5.41) is 0. The lowest BCUT2D eigenvalue weighted by Gasteiger charge is -2.12. The van der Waals surface area contributed by atoms with Crippen molar-refractivity contribution in [2.24, 2.45) is 0 Å². The molecule has 2 aliphatic rings. The van der Waals surface area contributed by atoms with E-state index in [0.717, 1.165) is 24.3 Å². The third-order valence-corrected chi connectivity index (χ3v) is 6.41. The molecule has 2 aliphatic heterocycles. The van der Waals surface area contributed by atoms with Crippen LogP contribution in [0.5, 0.6) is 23.0 Å². The highest BCUT2D eigenvalue weighted by Crippen LogP contribution is 2.30. The van der Waals surface area contributed by atoms with Gasteiger partial charge in [0.2, 0.25) is 0 Å². The van der Waals surface area contributed by atoms with Crippen LogP contribution in [0, 0.1) is 0 Å². The summed E-state index contributed by atoms with van der Waals surface area (Å²) in [7, 11) is 3.17. The molecule has 2 saturated heterocycles. The first-order valence-electron chi connectivity index (χ1n) is 13.7. The number of carbonyl (C=O) groups is 2. The van der Waals surface area contributed by atoms with Crippen molar-refractivity contribution in [2.75, 3.05) is 53.9 Å². The van der Waals surface area contributed by atoms with Crippen LogP contribution in [0.4, 0.5) is 0 Å². The standard InChI is InChI=1S/C30H38O10/c1-33-27-15-21(5-9-25(27)39-19-23-17-37-23)7-11-29(31)35-13-3-4-14-36-30(32)12-8-22-6-10-26(28(16-22)34-2)40-20-24-18-38-24/h5-6,9-10,15-16,23-24H,3-4,7-8,11-14,17-20H2,1-2H3. The third-order valence-electron chi connectivity index (χ3n) is 6.41. The van der Waals surface area contributed by atoms with E-state index in [0.29, 0.717) is 61.9 Å². The van der Waals surface area contributed by atoms with Gasteiger partial charge in [0.25, 0.3) is 0 Å². The maximum atomic E-state index is 12.1. The highest BCUT2D eigenvalue weighted by Gasteiger charge is 2.24. The number of benzene rings is 2. The highest BCUT2D eigenvalue weighted by atomic mass is 16.6. The van der Waals surface area contributed by atoms with Gasteiger partial charge in [-0.05, 0) is 61.1 Å². The van der Waals surface area contributed by atoms with E-state index in [-0.39, 0.29) is 50.2 Å². The van der Waals surface area contributed by atoms with Gasteiger partial charge in [-0.2, -0.15) is 0 Å². The number of rotatable bonds is 19. The van der Waals surface area contributed by atoms with E-state index >= 15 is 0 Å². The van der Waals surface area contributed by atoms with Gasteiger partial charge in [-0.15, -0.1) is 0 Å². The van der Waals surface area contributed by atoms with Crippen LogP contribution >= 0.6 is 0 Å². The minimum Gasteiger partial charge on any atom is -0.493 e. The number of epoxide rings is 2. The van der Waals surface area contributed by atoms with E-state index in [1.807, 2.05) is 36.4 Å². The van der Waals surface area contributed by atoms with Gasteiger partial charge in [-0.25, -0.2) is 0 Å². The molecule has 0 aliphatic carbocycles. The molecular formula is C30H38O10. The molecule has 0 spiro atoms. The zero-order valence-corrected chi connectivity index (χ0v) is 23.2. The Bertz CT molecular complexity index is 1020. The van der Waals surface area contributed by atoms with E-state index in [2.05, 4.69) is 0 Å². The molecule has 2 fully saturated rings. The second kappa shape index (κ2) is 15.3. The maximum absolute atomic E-state index is 12.1. The molecule has 2 aromatic carbocycles. The Kier molecular flexibility index (Phi) is 11.3. The van der Waals surface area contributed by atoms with Crippen molar-refractivity contribution in [2.45, 2.75) is 50.7 Å². The monoisotopic (exact) mass is 558 g/mol. The van der Waals surface area contributed by atoms with Crippen molar-refractivity contribution < 1.29 is 47.5 Å². The van der Waals surface area contributed by atoms with Gasteiger partial charge < -0.3 is 37.9 Å². The van der Waals surface area contributed by atoms with E-state index in [4.69, 9.17) is 37.9 Å². The predicted octanol–water partition coefficient (Wildman–Crippen LogP) is 3.69. The molecule has 40 heavy (non-hydrogen) atoms. The summed E-state index contributed by atoms with van der Waals surface area (Å²) in [6.45, 7) is 3.03. The van der Waals surface area contributed by atoms with Crippen molar-refractivity contribution in [1.82, 2.24) is 0 Å². The van der Waals surface area contributed by atoms with Crippen LogP contribution in [0.2, 0.25) is 0 Å². The lowest BCUT2D eigenvalue weighted by atomic mass is 10.1. The first-order chi connectivity index (χ1) is 19.5. The predicted molar refractivity (Wildman–Crippen MR) is 144 cm³/mol. The Labute approximate surface area is 234 Å². The molecule has 0 N–H and O–H groups in total. The Morgan fingerprint density at radius 1 is 0.700 bits per heavy atom. The fraction of sp³-hybridized carbons (Fsp3) is 0.533. The first kappa shape index (κ1) is 29.5. The van der Waals surface area contributed by atoms with E-state index in [1.54, 1.807) is 14.2 Å². The second-order valence-corrected chi connectivity index (χ2v) is 9.65. The summed E-state index contributed by atoms with van der Waals surface area (Å²) in [6.07, 6.45) is 3.17. The fourth-order valence-electron chi connectivity index (χ4n) is 3.88. The lowest BCUT2D eigenvalue weighted by molar-refractivity contribution is -0.146. The van der Waals surface area contributed by atoms with Gasteiger partial charge >= 0.3 is 11.9 Å².